The van der Waals surface area contributed by atoms with Gasteiger partial charge in [-0.2, -0.15) is 0 Å². The van der Waals surface area contributed by atoms with Gasteiger partial charge in [-0.3, -0.25) is 14.9 Å². The number of aryl methyl sites for hydroxylation is 2. The van der Waals surface area contributed by atoms with Crippen LogP contribution < -0.4 is 5.32 Å². The van der Waals surface area contributed by atoms with E-state index in [4.69, 9.17) is 4.74 Å². The van der Waals surface area contributed by atoms with Crippen LogP contribution in [0.2, 0.25) is 0 Å². The molecule has 8 heteroatoms. The Morgan fingerprint density at radius 1 is 1.29 bits per heavy atom. The summed E-state index contributed by atoms with van der Waals surface area (Å²) < 4.78 is 6.50. The van der Waals surface area contributed by atoms with E-state index in [1.165, 1.54) is 6.07 Å². The number of rotatable bonds is 5. The van der Waals surface area contributed by atoms with Crippen LogP contribution in [0, 0.1) is 24.0 Å². The molecule has 2 rings (SSSR count). The van der Waals surface area contributed by atoms with Crippen molar-refractivity contribution in [2.45, 2.75) is 13.8 Å². The number of anilines is 1. The summed E-state index contributed by atoms with van der Waals surface area (Å²) in [5.41, 5.74) is 1.60. The summed E-state index contributed by atoms with van der Waals surface area (Å²) in [6, 6.07) is 6.18. The number of carbonyl (C=O) groups is 2. The zero-order valence-corrected chi connectivity index (χ0v) is 13.5. The van der Waals surface area contributed by atoms with Crippen LogP contribution in [0.5, 0.6) is 0 Å². The van der Waals surface area contributed by atoms with Gasteiger partial charge in [0, 0.05) is 19.3 Å². The van der Waals surface area contributed by atoms with Crippen molar-refractivity contribution in [3.05, 3.63) is 57.4 Å². The average Bonchev–Trinajstić information content (AvgIpc) is 2.95. The number of carbonyl (C=O) groups excluding carboxylic acids is 2. The number of nitrogens with zero attached hydrogens (tertiary/aromatic N) is 2. The predicted octanol–water partition coefficient (Wildman–Crippen LogP) is 2.35. The Hall–Kier alpha value is -3.16. The van der Waals surface area contributed by atoms with Gasteiger partial charge in [-0.05, 0) is 37.1 Å². The highest BCUT2D eigenvalue weighted by Crippen LogP contribution is 2.30. The lowest BCUT2D eigenvalue weighted by molar-refractivity contribution is -0.384. The Balaban J connectivity index is 2.08. The molecule has 24 heavy (non-hydrogen) atoms. The van der Waals surface area contributed by atoms with Gasteiger partial charge in [-0.25, -0.2) is 4.79 Å². The third-order valence-corrected chi connectivity index (χ3v) is 3.66. The van der Waals surface area contributed by atoms with Crippen molar-refractivity contribution in [2.24, 2.45) is 7.05 Å². The van der Waals surface area contributed by atoms with Gasteiger partial charge in [0.1, 0.15) is 11.4 Å². The number of aromatic nitrogens is 1. The Kier molecular flexibility index (Phi) is 4.98. The lowest BCUT2D eigenvalue weighted by Gasteiger charge is -2.11. The van der Waals surface area contributed by atoms with Crippen LogP contribution in [0.1, 0.15) is 21.6 Å². The van der Waals surface area contributed by atoms with Crippen molar-refractivity contribution in [1.29, 1.82) is 0 Å². The van der Waals surface area contributed by atoms with Gasteiger partial charge in [-0.15, -0.1) is 0 Å². The fourth-order valence-electron chi connectivity index (χ4n) is 2.17. The third kappa shape index (κ3) is 3.60. The second-order valence-electron chi connectivity index (χ2n) is 5.29. The second kappa shape index (κ2) is 6.95. The molecule has 1 aromatic heterocycles. The molecule has 1 amide bonds. The minimum Gasteiger partial charge on any atom is -0.451 e. The van der Waals surface area contributed by atoms with E-state index in [9.17, 15) is 19.7 Å². The van der Waals surface area contributed by atoms with Crippen molar-refractivity contribution >= 4 is 23.3 Å². The number of nitro groups is 1. The van der Waals surface area contributed by atoms with Crippen LogP contribution in [-0.2, 0) is 16.6 Å². The van der Waals surface area contributed by atoms with Crippen molar-refractivity contribution in [3.63, 3.8) is 0 Å². The molecule has 8 nitrogen and oxygen atoms in total. The minimum atomic E-state index is -0.645. The summed E-state index contributed by atoms with van der Waals surface area (Å²) in [4.78, 5) is 34.4. The lowest BCUT2D eigenvalue weighted by Crippen LogP contribution is -2.22. The first-order chi connectivity index (χ1) is 11.3. The molecule has 0 aliphatic rings. The Labute approximate surface area is 138 Å². The van der Waals surface area contributed by atoms with Crippen LogP contribution in [0.15, 0.2) is 30.5 Å². The first kappa shape index (κ1) is 17.2. The minimum absolute atomic E-state index is 0.111. The zero-order valence-electron chi connectivity index (χ0n) is 13.5. The summed E-state index contributed by atoms with van der Waals surface area (Å²) in [5.74, 6) is -1.29. The van der Waals surface area contributed by atoms with Gasteiger partial charge in [0.05, 0.1) is 4.92 Å². The summed E-state index contributed by atoms with van der Waals surface area (Å²) >= 11 is 0. The molecule has 1 aromatic carbocycles. The summed E-state index contributed by atoms with van der Waals surface area (Å²) in [5, 5.41) is 13.5. The van der Waals surface area contributed by atoms with Crippen molar-refractivity contribution in [3.8, 4) is 0 Å². The first-order valence-electron chi connectivity index (χ1n) is 7.14. The normalized spacial score (nSPS) is 10.3. The van der Waals surface area contributed by atoms with Crippen LogP contribution in [0.4, 0.5) is 11.4 Å². The number of esters is 1. The Morgan fingerprint density at radius 2 is 2.00 bits per heavy atom. The van der Waals surface area contributed by atoms with E-state index in [-0.39, 0.29) is 11.4 Å². The van der Waals surface area contributed by atoms with E-state index < -0.39 is 23.4 Å². The number of hydrogen-bond acceptors (Lipinski definition) is 5. The van der Waals surface area contributed by atoms with Crippen LogP contribution >= 0.6 is 0 Å². The summed E-state index contributed by atoms with van der Waals surface area (Å²) in [7, 11) is 1.68. The second-order valence-corrected chi connectivity index (χ2v) is 5.29. The molecule has 0 spiro atoms. The molecule has 0 aliphatic carbocycles. The number of hydrogen-bond donors (Lipinski definition) is 1. The standard InChI is InChI=1S/C16H17N3O5/c1-10-6-7-12(19(22)23)15(11(10)2)17-14(20)9-24-16(21)13-5-4-8-18(13)3/h4-8H,9H2,1-3H3,(H,17,20). The molecule has 126 valence electrons. The van der Waals surface area contributed by atoms with E-state index in [2.05, 4.69) is 5.32 Å². The number of amides is 1. The molecular formula is C16H17N3O5. The molecule has 2 aromatic rings. The van der Waals surface area contributed by atoms with Gasteiger partial charge >= 0.3 is 5.97 Å². The Morgan fingerprint density at radius 3 is 2.58 bits per heavy atom. The maximum Gasteiger partial charge on any atom is 0.355 e. The fraction of sp³-hybridized carbons (Fsp3) is 0.250. The van der Waals surface area contributed by atoms with E-state index in [0.717, 1.165) is 5.56 Å². The molecular weight excluding hydrogens is 314 g/mol. The predicted molar refractivity (Wildman–Crippen MR) is 86.9 cm³/mol. The average molecular weight is 331 g/mol. The van der Waals surface area contributed by atoms with Gasteiger partial charge in [-0.1, -0.05) is 6.07 Å². The smallest absolute Gasteiger partial charge is 0.355 e. The highest BCUT2D eigenvalue weighted by Gasteiger charge is 2.20. The van der Waals surface area contributed by atoms with Crippen molar-refractivity contribution < 1.29 is 19.2 Å². The molecule has 0 atom stereocenters. The summed E-state index contributed by atoms with van der Waals surface area (Å²) in [6.07, 6.45) is 1.68. The molecule has 0 unspecified atom stereocenters. The van der Waals surface area contributed by atoms with Gasteiger partial charge in [0.2, 0.25) is 0 Å². The molecule has 0 fully saturated rings. The summed E-state index contributed by atoms with van der Waals surface area (Å²) in [6.45, 7) is 2.92. The third-order valence-electron chi connectivity index (χ3n) is 3.66. The van der Waals surface area contributed by atoms with E-state index >= 15 is 0 Å². The molecule has 0 aliphatic heterocycles. The SMILES string of the molecule is Cc1ccc([N+](=O)[O-])c(NC(=O)COC(=O)c2cccn2C)c1C. The van der Waals surface area contributed by atoms with E-state index in [0.29, 0.717) is 11.3 Å². The van der Waals surface area contributed by atoms with E-state index in [1.807, 2.05) is 0 Å². The number of benzene rings is 1. The van der Waals surface area contributed by atoms with Crippen LogP contribution in [0.3, 0.4) is 0 Å². The molecule has 1 heterocycles. The fourth-order valence-corrected chi connectivity index (χ4v) is 2.17. The number of nitrogens with one attached hydrogen (secondary N) is 1. The number of ether oxygens (including phenoxy) is 1. The largest absolute Gasteiger partial charge is 0.451 e. The van der Waals surface area contributed by atoms with Crippen molar-refractivity contribution in [2.75, 3.05) is 11.9 Å². The Bertz CT molecular complexity index is 810. The topological polar surface area (TPSA) is 103 Å². The van der Waals surface area contributed by atoms with Crippen LogP contribution in [0.25, 0.3) is 0 Å². The van der Waals surface area contributed by atoms with Gasteiger partial charge in [0.15, 0.2) is 6.61 Å². The van der Waals surface area contributed by atoms with Gasteiger partial charge in [0.25, 0.3) is 11.6 Å². The molecule has 0 saturated heterocycles. The monoisotopic (exact) mass is 331 g/mol. The maximum absolute atomic E-state index is 12.0. The van der Waals surface area contributed by atoms with Gasteiger partial charge < -0.3 is 14.6 Å². The highest BCUT2D eigenvalue weighted by molar-refractivity contribution is 5.97. The molecule has 0 saturated carbocycles. The zero-order chi connectivity index (χ0) is 17.9. The number of nitro benzene ring substituents is 1. The molecule has 1 N–H and O–H groups in total. The highest BCUT2D eigenvalue weighted by atomic mass is 16.6. The maximum atomic E-state index is 12.0. The van der Waals surface area contributed by atoms with Crippen molar-refractivity contribution in [1.82, 2.24) is 4.57 Å². The lowest BCUT2D eigenvalue weighted by atomic mass is 10.1. The van der Waals surface area contributed by atoms with E-state index in [1.54, 1.807) is 49.9 Å². The molecule has 0 radical (unpaired) electrons. The quantitative estimate of drug-likeness (QED) is 0.514. The molecule has 0 bridgehead atoms. The van der Waals surface area contributed by atoms with Crippen LogP contribution in [-0.4, -0.2) is 28.0 Å². The first-order valence-corrected chi connectivity index (χ1v) is 7.14.